The van der Waals surface area contributed by atoms with Crippen LogP contribution in [0.3, 0.4) is 0 Å². The lowest BCUT2D eigenvalue weighted by Crippen LogP contribution is -2.30. The number of allylic oxidation sites excluding steroid dienone is 2. The lowest BCUT2D eigenvalue weighted by molar-refractivity contribution is -0.133. The summed E-state index contributed by atoms with van der Waals surface area (Å²) in [7, 11) is 3.65. The van der Waals surface area contributed by atoms with Crippen LogP contribution in [-0.4, -0.2) is 24.9 Å². The van der Waals surface area contributed by atoms with Crippen molar-refractivity contribution >= 4 is 5.91 Å². The molecule has 0 spiro atoms. The maximum absolute atomic E-state index is 11.5. The van der Waals surface area contributed by atoms with Crippen LogP contribution < -0.4 is 0 Å². The van der Waals surface area contributed by atoms with Gasteiger partial charge < -0.3 is 4.90 Å². The van der Waals surface area contributed by atoms with Gasteiger partial charge in [0.25, 0.3) is 0 Å². The zero-order valence-electron chi connectivity index (χ0n) is 8.13. The number of hydrogen-bond acceptors (Lipinski definition) is 1. The third kappa shape index (κ3) is 2.10. The molecule has 68 valence electrons. The van der Waals surface area contributed by atoms with Crippen LogP contribution in [0.25, 0.3) is 0 Å². The van der Waals surface area contributed by atoms with Gasteiger partial charge in [0.2, 0.25) is 5.91 Å². The molecule has 1 amide bonds. The molecule has 0 aromatic rings. The predicted octanol–water partition coefficient (Wildman–Crippen LogP) is 1.82. The van der Waals surface area contributed by atoms with Crippen molar-refractivity contribution in [3.8, 4) is 0 Å². The molecule has 12 heavy (non-hydrogen) atoms. The molecule has 1 unspecified atom stereocenters. The smallest absolute Gasteiger partial charge is 0.225 e. The lowest BCUT2D eigenvalue weighted by Gasteiger charge is -2.22. The average Bonchev–Trinajstić information content (AvgIpc) is 2.04. The first-order valence-corrected chi connectivity index (χ1v) is 4.48. The van der Waals surface area contributed by atoms with Gasteiger partial charge in [-0.15, -0.1) is 0 Å². The Hall–Kier alpha value is -0.790. The molecule has 1 rings (SSSR count). The van der Waals surface area contributed by atoms with Gasteiger partial charge in [0.05, 0.1) is 0 Å². The zero-order chi connectivity index (χ0) is 9.14. The quantitative estimate of drug-likeness (QED) is 0.545. The Kier molecular flexibility index (Phi) is 2.90. The highest BCUT2D eigenvalue weighted by Crippen LogP contribution is 2.23. The molecular formula is C10H17NO. The Labute approximate surface area is 74.2 Å². The van der Waals surface area contributed by atoms with Gasteiger partial charge in [0.15, 0.2) is 0 Å². The predicted molar refractivity (Wildman–Crippen MR) is 49.8 cm³/mol. The Balaban J connectivity index is 2.51. The molecule has 0 radical (unpaired) electrons. The van der Waals surface area contributed by atoms with Crippen LogP contribution in [0.4, 0.5) is 0 Å². The highest BCUT2D eigenvalue weighted by molar-refractivity contribution is 5.78. The highest BCUT2D eigenvalue weighted by atomic mass is 16.2. The van der Waals surface area contributed by atoms with E-state index in [4.69, 9.17) is 0 Å². The molecule has 0 aromatic carbocycles. The molecule has 0 saturated carbocycles. The third-order valence-electron chi connectivity index (χ3n) is 2.43. The molecule has 1 aliphatic rings. The first kappa shape index (κ1) is 9.30. The molecule has 1 atom stereocenters. The van der Waals surface area contributed by atoms with E-state index in [0.29, 0.717) is 0 Å². The van der Waals surface area contributed by atoms with Crippen molar-refractivity contribution < 1.29 is 4.79 Å². The summed E-state index contributed by atoms with van der Waals surface area (Å²) < 4.78 is 0. The van der Waals surface area contributed by atoms with Crippen molar-refractivity contribution in [1.29, 1.82) is 0 Å². The molecule has 2 nitrogen and oxygen atoms in total. The van der Waals surface area contributed by atoms with Crippen LogP contribution >= 0.6 is 0 Å². The van der Waals surface area contributed by atoms with Gasteiger partial charge in [0.1, 0.15) is 0 Å². The van der Waals surface area contributed by atoms with Crippen LogP contribution in [0.5, 0.6) is 0 Å². The summed E-state index contributed by atoms with van der Waals surface area (Å²) in [4.78, 5) is 13.2. The first-order valence-electron chi connectivity index (χ1n) is 4.48. The Morgan fingerprint density at radius 3 is 2.67 bits per heavy atom. The first-order chi connectivity index (χ1) is 5.61. The second-order valence-corrected chi connectivity index (χ2v) is 3.75. The van der Waals surface area contributed by atoms with E-state index in [1.165, 1.54) is 5.57 Å². The van der Waals surface area contributed by atoms with Gasteiger partial charge in [-0.05, 0) is 26.2 Å². The van der Waals surface area contributed by atoms with Crippen molar-refractivity contribution in [2.24, 2.45) is 5.92 Å². The second kappa shape index (κ2) is 3.74. The van der Waals surface area contributed by atoms with Crippen LogP contribution in [0.15, 0.2) is 11.6 Å². The summed E-state index contributed by atoms with van der Waals surface area (Å²) in [6, 6.07) is 0. The molecule has 0 aromatic heterocycles. The molecule has 0 N–H and O–H groups in total. The largest absolute Gasteiger partial charge is 0.349 e. The summed E-state index contributed by atoms with van der Waals surface area (Å²) in [6.45, 7) is 2.14. The third-order valence-corrected chi connectivity index (χ3v) is 2.43. The van der Waals surface area contributed by atoms with Crippen LogP contribution in [-0.2, 0) is 4.79 Å². The zero-order valence-corrected chi connectivity index (χ0v) is 8.13. The molecule has 0 heterocycles. The van der Waals surface area contributed by atoms with E-state index in [-0.39, 0.29) is 11.8 Å². The summed E-state index contributed by atoms with van der Waals surface area (Å²) in [5.41, 5.74) is 1.43. The Bertz CT molecular complexity index is 206. The van der Waals surface area contributed by atoms with E-state index >= 15 is 0 Å². The summed E-state index contributed by atoms with van der Waals surface area (Å²) in [5, 5.41) is 0. The number of carbonyl (C=O) groups excluding carboxylic acids is 1. The van der Waals surface area contributed by atoms with E-state index < -0.39 is 0 Å². The van der Waals surface area contributed by atoms with Gasteiger partial charge in [-0.2, -0.15) is 0 Å². The molecule has 2 heteroatoms. The summed E-state index contributed by atoms with van der Waals surface area (Å²) >= 11 is 0. The normalized spacial score (nSPS) is 23.2. The molecule has 0 saturated heterocycles. The molecule has 1 aliphatic carbocycles. The topological polar surface area (TPSA) is 20.3 Å². The molecule has 0 fully saturated rings. The Morgan fingerprint density at radius 1 is 1.58 bits per heavy atom. The minimum absolute atomic E-state index is 0.240. The standard InChI is InChI=1S/C10H17NO/c1-8-4-6-9(7-5-8)10(12)11(2)3/h4,9H,5-7H2,1-3H3. The van der Waals surface area contributed by atoms with Gasteiger partial charge in [-0.25, -0.2) is 0 Å². The average molecular weight is 167 g/mol. The monoisotopic (exact) mass is 167 g/mol. The second-order valence-electron chi connectivity index (χ2n) is 3.75. The van der Waals surface area contributed by atoms with Crippen molar-refractivity contribution in [1.82, 2.24) is 4.90 Å². The minimum Gasteiger partial charge on any atom is -0.349 e. The van der Waals surface area contributed by atoms with Crippen molar-refractivity contribution in [3.63, 3.8) is 0 Å². The number of rotatable bonds is 1. The summed E-state index contributed by atoms with van der Waals surface area (Å²) in [6.07, 6.45) is 5.24. The van der Waals surface area contributed by atoms with Crippen LogP contribution in [0.1, 0.15) is 26.2 Å². The molecule has 0 aliphatic heterocycles. The molecular weight excluding hydrogens is 150 g/mol. The number of hydrogen-bond donors (Lipinski definition) is 0. The fourth-order valence-corrected chi connectivity index (χ4v) is 1.55. The van der Waals surface area contributed by atoms with E-state index in [9.17, 15) is 4.79 Å². The maximum atomic E-state index is 11.5. The van der Waals surface area contributed by atoms with Crippen LogP contribution in [0.2, 0.25) is 0 Å². The van der Waals surface area contributed by atoms with Gasteiger partial charge in [-0.3, -0.25) is 4.79 Å². The van der Waals surface area contributed by atoms with Gasteiger partial charge >= 0.3 is 0 Å². The number of carbonyl (C=O) groups is 1. The number of amides is 1. The van der Waals surface area contributed by atoms with Crippen molar-refractivity contribution in [3.05, 3.63) is 11.6 Å². The Morgan fingerprint density at radius 2 is 2.25 bits per heavy atom. The SMILES string of the molecule is CC1=CCC(C(=O)N(C)C)CC1. The lowest BCUT2D eigenvalue weighted by atomic mass is 9.89. The van der Waals surface area contributed by atoms with Gasteiger partial charge in [-0.1, -0.05) is 11.6 Å². The van der Waals surface area contributed by atoms with E-state index in [2.05, 4.69) is 13.0 Å². The fourth-order valence-electron chi connectivity index (χ4n) is 1.55. The van der Waals surface area contributed by atoms with E-state index in [0.717, 1.165) is 19.3 Å². The van der Waals surface area contributed by atoms with E-state index in [1.54, 1.807) is 4.90 Å². The van der Waals surface area contributed by atoms with Crippen molar-refractivity contribution in [2.45, 2.75) is 26.2 Å². The minimum atomic E-state index is 0.240. The molecule has 0 bridgehead atoms. The van der Waals surface area contributed by atoms with Crippen molar-refractivity contribution in [2.75, 3.05) is 14.1 Å². The maximum Gasteiger partial charge on any atom is 0.225 e. The van der Waals surface area contributed by atoms with E-state index in [1.807, 2.05) is 14.1 Å². The fraction of sp³-hybridized carbons (Fsp3) is 0.700. The van der Waals surface area contributed by atoms with Gasteiger partial charge in [0, 0.05) is 20.0 Å². The highest BCUT2D eigenvalue weighted by Gasteiger charge is 2.21. The number of nitrogens with zero attached hydrogens (tertiary/aromatic N) is 1. The summed E-state index contributed by atoms with van der Waals surface area (Å²) in [5.74, 6) is 0.516. The van der Waals surface area contributed by atoms with Crippen LogP contribution in [0, 0.1) is 5.92 Å².